The lowest BCUT2D eigenvalue weighted by Crippen LogP contribution is -2.41. The van der Waals surface area contributed by atoms with Crippen LogP contribution in [-0.4, -0.2) is 19.3 Å². The molecule has 0 saturated carbocycles. The second-order valence-electron chi connectivity index (χ2n) is 3.96. The predicted molar refractivity (Wildman–Crippen MR) is 71.5 cm³/mol. The third-order valence-corrected chi connectivity index (χ3v) is 4.25. The molecule has 4 heteroatoms. The molecule has 1 aromatic rings. The number of ether oxygens (including phenoxy) is 1. The fourth-order valence-corrected chi connectivity index (χ4v) is 3.26. The van der Waals surface area contributed by atoms with Gasteiger partial charge in [0.1, 0.15) is 0 Å². The molecule has 16 heavy (non-hydrogen) atoms. The van der Waals surface area contributed by atoms with Gasteiger partial charge < -0.3 is 10.1 Å². The van der Waals surface area contributed by atoms with Gasteiger partial charge in [0.25, 0.3) is 0 Å². The Kier molecular flexibility index (Phi) is 5.25. The van der Waals surface area contributed by atoms with Crippen LogP contribution in [0.5, 0.6) is 0 Å². The van der Waals surface area contributed by atoms with E-state index in [1.165, 1.54) is 4.88 Å². The van der Waals surface area contributed by atoms with Crippen molar-refractivity contribution < 1.29 is 4.74 Å². The normalized spacial score (nSPS) is 17.1. The zero-order valence-electron chi connectivity index (χ0n) is 10.3. The van der Waals surface area contributed by atoms with Gasteiger partial charge in [0.15, 0.2) is 0 Å². The van der Waals surface area contributed by atoms with Gasteiger partial charge in [-0.1, -0.05) is 18.5 Å². The topological polar surface area (TPSA) is 21.3 Å². The average molecular weight is 262 g/mol. The van der Waals surface area contributed by atoms with Crippen LogP contribution < -0.4 is 5.32 Å². The highest BCUT2D eigenvalue weighted by Crippen LogP contribution is 2.36. The molecule has 2 nitrogen and oxygen atoms in total. The van der Waals surface area contributed by atoms with Crippen molar-refractivity contribution in [2.24, 2.45) is 0 Å². The van der Waals surface area contributed by atoms with E-state index in [1.807, 2.05) is 20.0 Å². The number of rotatable bonds is 6. The van der Waals surface area contributed by atoms with Crippen molar-refractivity contribution in [1.29, 1.82) is 0 Å². The lowest BCUT2D eigenvalue weighted by atomic mass is 9.92. The predicted octanol–water partition coefficient (Wildman–Crippen LogP) is 3.87. The number of thiophene rings is 1. The lowest BCUT2D eigenvalue weighted by Gasteiger charge is -2.36. The first-order chi connectivity index (χ1) is 7.57. The van der Waals surface area contributed by atoms with Crippen LogP contribution >= 0.6 is 22.9 Å². The number of likely N-dealkylation sites (N-methyl/N-ethyl adjacent to an activating group) is 1. The quantitative estimate of drug-likeness (QED) is 0.840. The molecule has 0 aliphatic carbocycles. The molecule has 0 bridgehead atoms. The third kappa shape index (κ3) is 2.98. The third-order valence-electron chi connectivity index (χ3n) is 2.95. The first kappa shape index (κ1) is 14.0. The minimum absolute atomic E-state index is 0.183. The monoisotopic (exact) mass is 261 g/mol. The van der Waals surface area contributed by atoms with Gasteiger partial charge in [-0.05, 0) is 39.4 Å². The molecule has 1 rings (SSSR count). The summed E-state index contributed by atoms with van der Waals surface area (Å²) in [5, 5.41) is 3.33. The largest absolute Gasteiger partial charge is 0.374 e. The Hall–Kier alpha value is -0.0900. The molecule has 0 aliphatic rings. The minimum atomic E-state index is -0.183. The number of nitrogens with one attached hydrogen (secondary N) is 1. The van der Waals surface area contributed by atoms with E-state index in [2.05, 4.69) is 25.2 Å². The maximum Gasteiger partial charge on any atom is 0.0931 e. The summed E-state index contributed by atoms with van der Waals surface area (Å²) in [7, 11) is 1.96. The van der Waals surface area contributed by atoms with Crippen LogP contribution in [0.2, 0.25) is 4.34 Å². The Bertz CT molecular complexity index is 329. The Morgan fingerprint density at radius 3 is 2.56 bits per heavy atom. The molecule has 1 heterocycles. The van der Waals surface area contributed by atoms with E-state index in [1.54, 1.807) is 11.3 Å². The highest BCUT2D eigenvalue weighted by molar-refractivity contribution is 7.16. The van der Waals surface area contributed by atoms with Gasteiger partial charge in [-0.3, -0.25) is 0 Å². The highest BCUT2D eigenvalue weighted by atomic mass is 35.5. The lowest BCUT2D eigenvalue weighted by molar-refractivity contribution is -0.0538. The molecule has 0 aromatic carbocycles. The zero-order chi connectivity index (χ0) is 12.2. The van der Waals surface area contributed by atoms with Gasteiger partial charge in [-0.15, -0.1) is 11.3 Å². The summed E-state index contributed by atoms with van der Waals surface area (Å²) < 4.78 is 6.72. The van der Waals surface area contributed by atoms with E-state index in [9.17, 15) is 0 Å². The Morgan fingerprint density at radius 2 is 2.19 bits per heavy atom. The number of halogens is 1. The van der Waals surface area contributed by atoms with Crippen molar-refractivity contribution in [3.8, 4) is 0 Å². The van der Waals surface area contributed by atoms with Crippen LogP contribution in [0.3, 0.4) is 0 Å². The van der Waals surface area contributed by atoms with E-state index in [0.29, 0.717) is 0 Å². The van der Waals surface area contributed by atoms with Crippen molar-refractivity contribution in [3.05, 3.63) is 21.3 Å². The van der Waals surface area contributed by atoms with Gasteiger partial charge in [-0.25, -0.2) is 0 Å². The molecule has 0 amide bonds. The summed E-state index contributed by atoms with van der Waals surface area (Å²) in [4.78, 5) is 1.23. The van der Waals surface area contributed by atoms with Crippen LogP contribution in [-0.2, 0) is 4.74 Å². The van der Waals surface area contributed by atoms with Gasteiger partial charge in [0.05, 0.1) is 16.0 Å². The molecule has 1 N–H and O–H groups in total. The fourth-order valence-electron chi connectivity index (χ4n) is 1.95. The van der Waals surface area contributed by atoms with Crippen molar-refractivity contribution >= 4 is 22.9 Å². The summed E-state index contributed by atoms with van der Waals surface area (Å²) in [5.74, 6) is 0. The van der Waals surface area contributed by atoms with Gasteiger partial charge in [0, 0.05) is 11.5 Å². The standard InChI is InChI=1S/C12H20ClNOS/c1-5-12(3,15-6-2)11(14-4)9-7-8-10(13)16-9/h7-8,11,14H,5-6H2,1-4H3. The molecular weight excluding hydrogens is 242 g/mol. The molecule has 0 fully saturated rings. The summed E-state index contributed by atoms with van der Waals surface area (Å²) in [6.45, 7) is 7.05. The molecule has 2 atom stereocenters. The van der Waals surface area contributed by atoms with E-state index in [-0.39, 0.29) is 11.6 Å². The Morgan fingerprint density at radius 1 is 1.50 bits per heavy atom. The van der Waals surface area contributed by atoms with Crippen LogP contribution in [0.1, 0.15) is 38.1 Å². The van der Waals surface area contributed by atoms with E-state index in [4.69, 9.17) is 16.3 Å². The van der Waals surface area contributed by atoms with E-state index < -0.39 is 0 Å². The second-order valence-corrected chi connectivity index (χ2v) is 5.71. The summed E-state index contributed by atoms with van der Waals surface area (Å²) in [6.07, 6.45) is 0.960. The molecule has 92 valence electrons. The number of hydrogen-bond donors (Lipinski definition) is 1. The van der Waals surface area contributed by atoms with Crippen molar-refractivity contribution in [2.45, 2.75) is 38.8 Å². The minimum Gasteiger partial charge on any atom is -0.374 e. The smallest absolute Gasteiger partial charge is 0.0931 e. The zero-order valence-corrected chi connectivity index (χ0v) is 11.9. The van der Waals surface area contributed by atoms with Crippen molar-refractivity contribution in [2.75, 3.05) is 13.7 Å². The van der Waals surface area contributed by atoms with Crippen LogP contribution in [0.4, 0.5) is 0 Å². The maximum absolute atomic E-state index is 5.98. The van der Waals surface area contributed by atoms with Crippen LogP contribution in [0.15, 0.2) is 12.1 Å². The second kappa shape index (κ2) is 6.01. The fraction of sp³-hybridized carbons (Fsp3) is 0.667. The molecule has 1 aromatic heterocycles. The SMILES string of the molecule is CCOC(C)(CC)C(NC)c1ccc(Cl)s1. The molecule has 0 saturated heterocycles. The summed E-state index contributed by atoms with van der Waals surface area (Å²) in [5.41, 5.74) is -0.183. The Balaban J connectivity index is 2.95. The van der Waals surface area contributed by atoms with Gasteiger partial charge in [-0.2, -0.15) is 0 Å². The Labute approximate surface area is 107 Å². The van der Waals surface area contributed by atoms with E-state index in [0.717, 1.165) is 17.4 Å². The molecule has 0 spiro atoms. The highest BCUT2D eigenvalue weighted by Gasteiger charge is 2.34. The van der Waals surface area contributed by atoms with Crippen LogP contribution in [0.25, 0.3) is 0 Å². The molecule has 0 radical (unpaired) electrons. The van der Waals surface area contributed by atoms with Gasteiger partial charge >= 0.3 is 0 Å². The van der Waals surface area contributed by atoms with Crippen molar-refractivity contribution in [1.82, 2.24) is 5.32 Å². The van der Waals surface area contributed by atoms with Crippen LogP contribution in [0, 0.1) is 0 Å². The maximum atomic E-state index is 5.98. The summed E-state index contributed by atoms with van der Waals surface area (Å²) >= 11 is 7.59. The first-order valence-electron chi connectivity index (χ1n) is 5.63. The van der Waals surface area contributed by atoms with Crippen molar-refractivity contribution in [3.63, 3.8) is 0 Å². The molecular formula is C12H20ClNOS. The average Bonchev–Trinajstić information content (AvgIpc) is 2.66. The molecule has 2 unspecified atom stereocenters. The number of hydrogen-bond acceptors (Lipinski definition) is 3. The molecule has 0 aliphatic heterocycles. The van der Waals surface area contributed by atoms with E-state index >= 15 is 0 Å². The van der Waals surface area contributed by atoms with Gasteiger partial charge in [0.2, 0.25) is 0 Å². The summed E-state index contributed by atoms with van der Waals surface area (Å²) in [6, 6.07) is 4.20. The first-order valence-corrected chi connectivity index (χ1v) is 6.83.